The average Bonchev–Trinajstić information content (AvgIpc) is 2.41. The van der Waals surface area contributed by atoms with Crippen molar-refractivity contribution >= 4 is 61.3 Å². The number of halogens is 2. The summed E-state index contributed by atoms with van der Waals surface area (Å²) in [6, 6.07) is 8.92. The second-order valence-corrected chi connectivity index (χ2v) is 7.98. The third kappa shape index (κ3) is 2.75. The summed E-state index contributed by atoms with van der Waals surface area (Å²) in [7, 11) is -4.05. The van der Waals surface area contributed by atoms with Gasteiger partial charge in [-0.25, -0.2) is 4.79 Å². The van der Waals surface area contributed by atoms with E-state index in [1.807, 2.05) is 22.6 Å². The van der Waals surface area contributed by atoms with Crippen molar-refractivity contribution < 1.29 is 22.1 Å². The molecule has 1 heterocycles. The van der Waals surface area contributed by atoms with Crippen LogP contribution in [-0.4, -0.2) is 14.4 Å². The fourth-order valence-corrected chi connectivity index (χ4v) is 3.79. The number of fused-ring (bicyclic) bond motifs is 2. The highest BCUT2D eigenvalue weighted by atomic mass is 127. The van der Waals surface area contributed by atoms with E-state index in [4.69, 9.17) is 8.92 Å². The molecule has 2 aromatic rings. The maximum absolute atomic E-state index is 12.3. The molecule has 0 spiro atoms. The molecule has 2 aromatic carbocycles. The van der Waals surface area contributed by atoms with Gasteiger partial charge in [0.05, 0.1) is 0 Å². The van der Waals surface area contributed by atoms with Crippen LogP contribution in [0, 0.1) is 7.14 Å². The minimum absolute atomic E-state index is 0.0284. The van der Waals surface area contributed by atoms with Crippen LogP contribution in [0.4, 0.5) is 0 Å². The number of benzene rings is 2. The number of carbonyl (C=O) groups excluding carboxylic acids is 1. The molecule has 108 valence electrons. The molecule has 0 atom stereocenters. The van der Waals surface area contributed by atoms with Crippen molar-refractivity contribution in [3.8, 4) is 11.5 Å². The number of hydrogen-bond donors (Lipinski definition) is 0. The summed E-state index contributed by atoms with van der Waals surface area (Å²) < 4.78 is 36.5. The molecule has 0 N–H and O–H groups in total. The number of para-hydroxylation sites is 1. The largest absolute Gasteiger partial charge is 0.421 e. The SMILES string of the molecule is O=C1Oc2ccccc2S(=O)(=O)Oc2cc(I)c(I)cc21. The van der Waals surface area contributed by atoms with Gasteiger partial charge in [-0.1, -0.05) is 12.1 Å². The van der Waals surface area contributed by atoms with Crippen LogP contribution in [0.1, 0.15) is 10.4 Å². The van der Waals surface area contributed by atoms with Crippen molar-refractivity contribution in [2.45, 2.75) is 4.90 Å². The van der Waals surface area contributed by atoms with Gasteiger partial charge >= 0.3 is 16.1 Å². The van der Waals surface area contributed by atoms with Crippen LogP contribution in [0.5, 0.6) is 11.5 Å². The van der Waals surface area contributed by atoms with Crippen LogP contribution in [0.3, 0.4) is 0 Å². The van der Waals surface area contributed by atoms with Crippen LogP contribution in [-0.2, 0) is 10.1 Å². The van der Waals surface area contributed by atoms with Crippen LogP contribution in [0.15, 0.2) is 41.3 Å². The minimum Gasteiger partial charge on any atom is -0.421 e. The highest BCUT2D eigenvalue weighted by molar-refractivity contribution is 14.1. The Morgan fingerprint density at radius 2 is 1.62 bits per heavy atom. The van der Waals surface area contributed by atoms with Crippen molar-refractivity contribution in [3.05, 3.63) is 49.1 Å². The first-order valence-electron chi connectivity index (χ1n) is 5.63. The molecule has 0 fully saturated rings. The highest BCUT2D eigenvalue weighted by Gasteiger charge is 2.30. The number of hydrogen-bond acceptors (Lipinski definition) is 5. The lowest BCUT2D eigenvalue weighted by Crippen LogP contribution is -2.20. The maximum atomic E-state index is 12.3. The first kappa shape index (κ1) is 15.0. The van der Waals surface area contributed by atoms with Gasteiger partial charge in [0.2, 0.25) is 0 Å². The Labute approximate surface area is 148 Å². The fraction of sp³-hybridized carbons (Fsp3) is 0. The Morgan fingerprint density at radius 1 is 0.952 bits per heavy atom. The van der Waals surface area contributed by atoms with E-state index < -0.39 is 16.1 Å². The van der Waals surface area contributed by atoms with Crippen molar-refractivity contribution in [2.24, 2.45) is 0 Å². The molecule has 0 saturated heterocycles. The Morgan fingerprint density at radius 3 is 2.38 bits per heavy atom. The van der Waals surface area contributed by atoms with Gasteiger partial charge in [0.25, 0.3) is 0 Å². The zero-order chi connectivity index (χ0) is 15.2. The molecule has 0 saturated carbocycles. The van der Waals surface area contributed by atoms with E-state index in [-0.39, 0.29) is 22.0 Å². The van der Waals surface area contributed by atoms with E-state index in [0.29, 0.717) is 0 Å². The number of rotatable bonds is 0. The van der Waals surface area contributed by atoms with Gasteiger partial charge in [-0.2, -0.15) is 8.42 Å². The zero-order valence-corrected chi connectivity index (χ0v) is 15.3. The molecule has 0 unspecified atom stereocenters. The van der Waals surface area contributed by atoms with E-state index in [9.17, 15) is 13.2 Å². The maximum Gasteiger partial charge on any atom is 0.347 e. The van der Waals surface area contributed by atoms with Gasteiger partial charge in [-0.05, 0) is 69.4 Å². The topological polar surface area (TPSA) is 69.7 Å². The van der Waals surface area contributed by atoms with Crippen LogP contribution in [0.2, 0.25) is 0 Å². The first-order valence-corrected chi connectivity index (χ1v) is 9.20. The summed E-state index contributed by atoms with van der Waals surface area (Å²) in [5.41, 5.74) is 0.0814. The molecular weight excluding hydrogens is 522 g/mol. The molecule has 21 heavy (non-hydrogen) atoms. The van der Waals surface area contributed by atoms with Crippen molar-refractivity contribution in [1.82, 2.24) is 0 Å². The molecule has 1 aliphatic rings. The predicted molar refractivity (Wildman–Crippen MR) is 91.1 cm³/mol. The summed E-state index contributed by atoms with van der Waals surface area (Å²) in [5.74, 6) is -0.720. The molecule has 0 amide bonds. The van der Waals surface area contributed by atoms with Gasteiger partial charge in [0.15, 0.2) is 11.5 Å². The van der Waals surface area contributed by atoms with E-state index in [1.54, 1.807) is 12.1 Å². The Kier molecular flexibility index (Phi) is 3.86. The van der Waals surface area contributed by atoms with Gasteiger partial charge in [-0.3, -0.25) is 0 Å². The monoisotopic (exact) mass is 528 g/mol. The van der Waals surface area contributed by atoms with E-state index in [0.717, 1.165) is 7.14 Å². The summed E-state index contributed by atoms with van der Waals surface area (Å²) in [6.45, 7) is 0. The Balaban J connectivity index is 2.26. The predicted octanol–water partition coefficient (Wildman–Crippen LogP) is 3.20. The molecule has 0 bridgehead atoms. The van der Waals surface area contributed by atoms with Gasteiger partial charge in [0, 0.05) is 7.14 Å². The lowest BCUT2D eigenvalue weighted by molar-refractivity contribution is 0.0726. The highest BCUT2D eigenvalue weighted by Crippen LogP contribution is 2.34. The van der Waals surface area contributed by atoms with Crippen molar-refractivity contribution in [3.63, 3.8) is 0 Å². The summed E-state index contributed by atoms with van der Waals surface area (Å²) in [6.07, 6.45) is 0. The third-order valence-electron chi connectivity index (χ3n) is 2.76. The molecule has 8 heteroatoms. The number of carbonyl (C=O) groups is 1. The minimum atomic E-state index is -4.05. The van der Waals surface area contributed by atoms with E-state index >= 15 is 0 Å². The summed E-state index contributed by atoms with van der Waals surface area (Å²) in [5, 5.41) is 0. The Bertz CT molecular complexity index is 861. The van der Waals surface area contributed by atoms with Crippen LogP contribution >= 0.6 is 45.2 Å². The molecule has 5 nitrogen and oxygen atoms in total. The molecule has 3 rings (SSSR count). The lowest BCUT2D eigenvalue weighted by atomic mass is 10.2. The molecule has 0 aromatic heterocycles. The number of ether oxygens (including phenoxy) is 1. The molecule has 1 aliphatic heterocycles. The van der Waals surface area contributed by atoms with Crippen molar-refractivity contribution in [1.29, 1.82) is 0 Å². The van der Waals surface area contributed by atoms with E-state index in [2.05, 4.69) is 22.6 Å². The zero-order valence-electron chi connectivity index (χ0n) is 10.2. The smallest absolute Gasteiger partial charge is 0.347 e. The van der Waals surface area contributed by atoms with Gasteiger partial charge in [-0.15, -0.1) is 0 Å². The van der Waals surface area contributed by atoms with Crippen LogP contribution in [0.25, 0.3) is 0 Å². The quantitative estimate of drug-likeness (QED) is 0.228. The van der Waals surface area contributed by atoms with E-state index in [1.165, 1.54) is 24.3 Å². The second-order valence-electron chi connectivity index (χ2n) is 4.14. The normalized spacial score (nSPS) is 15.8. The molecule has 0 radical (unpaired) electrons. The number of esters is 1. The Hall–Kier alpha value is -0.880. The standard InChI is InChI=1S/C13H6I2O5S/c14-8-5-7-11(6-9(8)15)20-21(17,18)12-4-2-1-3-10(12)19-13(7)16/h1-6H. The average molecular weight is 528 g/mol. The van der Waals surface area contributed by atoms with Gasteiger partial charge < -0.3 is 8.92 Å². The van der Waals surface area contributed by atoms with Gasteiger partial charge in [0.1, 0.15) is 10.5 Å². The molecule has 0 aliphatic carbocycles. The third-order valence-corrected chi connectivity index (χ3v) is 6.86. The first-order chi connectivity index (χ1) is 9.88. The second kappa shape index (κ2) is 5.39. The fourth-order valence-electron chi connectivity index (χ4n) is 1.82. The summed E-state index contributed by atoms with van der Waals surface area (Å²) >= 11 is 4.09. The molecular formula is C13H6I2O5S. The van der Waals surface area contributed by atoms with Crippen LogP contribution < -0.4 is 8.92 Å². The lowest BCUT2D eigenvalue weighted by Gasteiger charge is -2.17. The van der Waals surface area contributed by atoms with Crippen molar-refractivity contribution in [2.75, 3.05) is 0 Å². The summed E-state index contributed by atoms with van der Waals surface area (Å²) in [4.78, 5) is 12.0.